The molecule has 0 atom stereocenters. The van der Waals surface area contributed by atoms with Gasteiger partial charge in [0.05, 0.1) is 16.7 Å². The number of benzene rings is 2. The van der Waals surface area contributed by atoms with Crippen molar-refractivity contribution >= 4 is 33.4 Å². The molecule has 2 aromatic carbocycles. The molecule has 8 heteroatoms. The molecule has 0 aliphatic rings. The molecule has 2 aromatic heterocycles. The number of amides is 1. The molecule has 2 N–H and O–H groups in total. The minimum absolute atomic E-state index is 0.342. The molecular formula is C20H16N4O3S. The van der Waals surface area contributed by atoms with Crippen LogP contribution < -0.4 is 16.4 Å². The van der Waals surface area contributed by atoms with Crippen molar-refractivity contribution in [2.75, 3.05) is 5.32 Å². The summed E-state index contributed by atoms with van der Waals surface area (Å²) in [5.74, 6) is -0.342. The van der Waals surface area contributed by atoms with E-state index < -0.39 is 11.1 Å². The predicted molar refractivity (Wildman–Crippen MR) is 110 cm³/mol. The average molecular weight is 392 g/mol. The highest BCUT2D eigenvalue weighted by Gasteiger charge is 2.13. The van der Waals surface area contributed by atoms with Gasteiger partial charge in [-0.1, -0.05) is 30.3 Å². The molecule has 0 saturated carbocycles. The lowest BCUT2D eigenvalue weighted by molar-refractivity contribution is 0.102. The van der Waals surface area contributed by atoms with Crippen molar-refractivity contribution in [2.45, 2.75) is 13.5 Å². The number of aromatic nitrogens is 3. The molecule has 140 valence electrons. The van der Waals surface area contributed by atoms with Gasteiger partial charge in [-0.25, -0.2) is 4.98 Å². The van der Waals surface area contributed by atoms with Crippen LogP contribution in [0, 0.1) is 0 Å². The van der Waals surface area contributed by atoms with E-state index in [-0.39, 0.29) is 5.91 Å². The van der Waals surface area contributed by atoms with Gasteiger partial charge < -0.3 is 9.55 Å². The van der Waals surface area contributed by atoms with E-state index in [0.29, 0.717) is 28.3 Å². The van der Waals surface area contributed by atoms with E-state index in [2.05, 4.69) is 15.3 Å². The lowest BCUT2D eigenvalue weighted by Crippen LogP contribution is -2.36. The Kier molecular flexibility index (Phi) is 4.62. The zero-order valence-electron chi connectivity index (χ0n) is 14.9. The van der Waals surface area contributed by atoms with Gasteiger partial charge in [0.2, 0.25) is 0 Å². The highest BCUT2D eigenvalue weighted by atomic mass is 32.1. The second-order valence-electron chi connectivity index (χ2n) is 6.09. The van der Waals surface area contributed by atoms with E-state index in [9.17, 15) is 14.4 Å². The largest absolute Gasteiger partial charge is 0.316 e. The van der Waals surface area contributed by atoms with E-state index in [1.165, 1.54) is 15.9 Å². The Hall–Kier alpha value is -3.52. The van der Waals surface area contributed by atoms with E-state index in [1.807, 2.05) is 35.7 Å². The van der Waals surface area contributed by atoms with Crippen molar-refractivity contribution in [1.29, 1.82) is 0 Å². The molecule has 0 saturated heterocycles. The van der Waals surface area contributed by atoms with Gasteiger partial charge in [-0.2, -0.15) is 0 Å². The van der Waals surface area contributed by atoms with Crippen LogP contribution in [0.4, 0.5) is 5.13 Å². The third-order valence-electron chi connectivity index (χ3n) is 4.35. The highest BCUT2D eigenvalue weighted by molar-refractivity contribution is 7.14. The third kappa shape index (κ3) is 3.25. The van der Waals surface area contributed by atoms with Gasteiger partial charge in [0.1, 0.15) is 0 Å². The summed E-state index contributed by atoms with van der Waals surface area (Å²) in [6.07, 6.45) is 0. The summed E-state index contributed by atoms with van der Waals surface area (Å²) in [6, 6.07) is 14.5. The first kappa shape index (κ1) is 17.9. The maximum Gasteiger partial charge on any atom is 0.316 e. The minimum atomic E-state index is -0.709. The zero-order valence-corrected chi connectivity index (χ0v) is 15.7. The van der Waals surface area contributed by atoms with Gasteiger partial charge in [0, 0.05) is 23.1 Å². The van der Waals surface area contributed by atoms with E-state index in [0.717, 1.165) is 11.3 Å². The summed E-state index contributed by atoms with van der Waals surface area (Å²) in [6.45, 7) is 2.15. The second kappa shape index (κ2) is 7.24. The van der Waals surface area contributed by atoms with Crippen LogP contribution in [0.1, 0.15) is 17.3 Å². The number of rotatable bonds is 4. The number of aromatic amines is 1. The van der Waals surface area contributed by atoms with Gasteiger partial charge in [0.25, 0.3) is 5.91 Å². The number of fused-ring (bicyclic) bond motifs is 1. The van der Waals surface area contributed by atoms with Crippen molar-refractivity contribution in [3.63, 3.8) is 0 Å². The molecular weight excluding hydrogens is 376 g/mol. The Bertz CT molecular complexity index is 1290. The molecule has 0 aliphatic heterocycles. The van der Waals surface area contributed by atoms with Gasteiger partial charge in [-0.3, -0.25) is 19.7 Å². The first-order valence-electron chi connectivity index (χ1n) is 8.66. The second-order valence-corrected chi connectivity index (χ2v) is 6.95. The van der Waals surface area contributed by atoms with Crippen molar-refractivity contribution in [3.8, 4) is 11.3 Å². The molecule has 4 rings (SSSR count). The molecule has 0 radical (unpaired) electrons. The van der Waals surface area contributed by atoms with Crippen molar-refractivity contribution in [2.24, 2.45) is 0 Å². The smallest absolute Gasteiger partial charge is 0.316 e. The Balaban J connectivity index is 1.63. The topological polar surface area (TPSA) is 96.9 Å². The van der Waals surface area contributed by atoms with Crippen molar-refractivity contribution in [3.05, 3.63) is 80.2 Å². The summed E-state index contributed by atoms with van der Waals surface area (Å²) in [5.41, 5.74) is 1.81. The number of thiazole rings is 1. The van der Waals surface area contributed by atoms with Crippen LogP contribution in [0.2, 0.25) is 0 Å². The molecule has 0 fully saturated rings. The summed E-state index contributed by atoms with van der Waals surface area (Å²) in [7, 11) is 0. The number of aryl methyl sites for hydroxylation is 1. The maximum absolute atomic E-state index is 12.6. The maximum atomic E-state index is 12.6. The number of carbonyl (C=O) groups excluding carboxylic acids is 1. The molecule has 0 aliphatic carbocycles. The van der Waals surface area contributed by atoms with Crippen molar-refractivity contribution in [1.82, 2.24) is 14.5 Å². The number of anilines is 1. The number of carbonyl (C=O) groups is 1. The molecule has 28 heavy (non-hydrogen) atoms. The monoisotopic (exact) mass is 392 g/mol. The Labute approximate surface area is 163 Å². The van der Waals surface area contributed by atoms with Crippen LogP contribution in [0.3, 0.4) is 0 Å². The van der Waals surface area contributed by atoms with Crippen LogP contribution in [0.5, 0.6) is 0 Å². The van der Waals surface area contributed by atoms with Gasteiger partial charge >= 0.3 is 11.1 Å². The molecule has 0 spiro atoms. The summed E-state index contributed by atoms with van der Waals surface area (Å²) >= 11 is 1.34. The number of nitrogens with one attached hydrogen (secondary N) is 2. The fourth-order valence-corrected chi connectivity index (χ4v) is 3.69. The van der Waals surface area contributed by atoms with E-state index >= 15 is 0 Å². The fourth-order valence-electron chi connectivity index (χ4n) is 2.98. The van der Waals surface area contributed by atoms with E-state index in [1.54, 1.807) is 25.1 Å². The van der Waals surface area contributed by atoms with E-state index in [4.69, 9.17) is 0 Å². The molecule has 1 amide bonds. The predicted octanol–water partition coefficient (Wildman–Crippen LogP) is 3.09. The quantitative estimate of drug-likeness (QED) is 0.522. The summed E-state index contributed by atoms with van der Waals surface area (Å²) < 4.78 is 1.38. The van der Waals surface area contributed by atoms with Gasteiger partial charge in [-0.15, -0.1) is 11.3 Å². The fraction of sp³-hybridized carbons (Fsp3) is 0.100. The first-order valence-corrected chi connectivity index (χ1v) is 9.54. The lowest BCUT2D eigenvalue weighted by atomic mass is 10.1. The molecule has 7 nitrogen and oxygen atoms in total. The molecule has 0 bridgehead atoms. The number of nitrogens with zero attached hydrogens (tertiary/aromatic N) is 2. The van der Waals surface area contributed by atoms with Gasteiger partial charge in [0.15, 0.2) is 5.13 Å². The SMILES string of the molecule is CCn1c(=O)c(=O)[nH]c2cc(C(=O)Nc3nc(-c4ccccc4)cs3)ccc21. The Morgan fingerprint density at radius 1 is 1.18 bits per heavy atom. The molecule has 4 aromatic rings. The third-order valence-corrected chi connectivity index (χ3v) is 5.11. The van der Waals surface area contributed by atoms with Crippen LogP contribution in [-0.4, -0.2) is 20.4 Å². The lowest BCUT2D eigenvalue weighted by Gasteiger charge is -2.08. The van der Waals surface area contributed by atoms with Crippen LogP contribution >= 0.6 is 11.3 Å². The first-order chi connectivity index (χ1) is 13.6. The average Bonchev–Trinajstić information content (AvgIpc) is 3.18. The standard InChI is InChI=1S/C20H16N4O3S/c1-2-24-16-9-8-13(10-14(16)21-18(26)19(24)27)17(25)23-20-22-15(11-28-20)12-6-4-3-5-7-12/h3-11H,2H2,1H3,(H,21,26)(H,22,23,25). The van der Waals surface area contributed by atoms with Crippen LogP contribution in [0.15, 0.2) is 63.5 Å². The summed E-state index contributed by atoms with van der Waals surface area (Å²) in [5, 5.41) is 5.14. The summed E-state index contributed by atoms with van der Waals surface area (Å²) in [4.78, 5) is 43.3. The van der Waals surface area contributed by atoms with Crippen LogP contribution in [0.25, 0.3) is 22.3 Å². The molecule has 0 unspecified atom stereocenters. The normalized spacial score (nSPS) is 10.9. The highest BCUT2D eigenvalue weighted by Crippen LogP contribution is 2.25. The number of hydrogen-bond acceptors (Lipinski definition) is 5. The van der Waals surface area contributed by atoms with Crippen LogP contribution in [-0.2, 0) is 6.54 Å². The Morgan fingerprint density at radius 3 is 2.71 bits per heavy atom. The number of hydrogen-bond donors (Lipinski definition) is 2. The van der Waals surface area contributed by atoms with Crippen molar-refractivity contribution < 1.29 is 4.79 Å². The molecule has 2 heterocycles. The number of H-pyrrole nitrogens is 1. The van der Waals surface area contributed by atoms with Gasteiger partial charge in [-0.05, 0) is 25.1 Å². The minimum Gasteiger partial charge on any atom is -0.316 e. The zero-order chi connectivity index (χ0) is 19.7. The Morgan fingerprint density at radius 2 is 1.96 bits per heavy atom.